The Bertz CT molecular complexity index is 588. The molecule has 0 atom stereocenters. The van der Waals surface area contributed by atoms with Crippen molar-refractivity contribution in [2.45, 2.75) is 20.0 Å². The van der Waals surface area contributed by atoms with Crippen molar-refractivity contribution in [3.05, 3.63) is 54.1 Å². The molecule has 0 amide bonds. The van der Waals surface area contributed by atoms with Crippen LogP contribution in [0.4, 0.5) is 0 Å². The summed E-state index contributed by atoms with van der Waals surface area (Å²) in [6.07, 6.45) is -0.160. The van der Waals surface area contributed by atoms with E-state index in [2.05, 4.69) is 0 Å². The van der Waals surface area contributed by atoms with E-state index in [-0.39, 0.29) is 12.1 Å². The van der Waals surface area contributed by atoms with E-state index in [0.717, 1.165) is 11.1 Å². The van der Waals surface area contributed by atoms with Crippen LogP contribution in [0.25, 0.3) is 11.1 Å². The van der Waals surface area contributed by atoms with Crippen molar-refractivity contribution in [3.8, 4) is 16.9 Å². The van der Waals surface area contributed by atoms with Gasteiger partial charge in [-0.3, -0.25) is 0 Å². The molecule has 2 aromatic rings. The van der Waals surface area contributed by atoms with Gasteiger partial charge in [-0.05, 0) is 37.1 Å². The predicted molar refractivity (Wildman–Crippen MR) is 79.0 cm³/mol. The molecule has 0 fully saturated rings. The van der Waals surface area contributed by atoms with Crippen LogP contribution in [0.1, 0.15) is 24.2 Å². The number of esters is 1. The Hall–Kier alpha value is -2.29. The first-order valence-corrected chi connectivity index (χ1v) is 6.56. The number of methoxy groups -OCH3 is 1. The Balaban J connectivity index is 2.41. The smallest absolute Gasteiger partial charge is 0.342 e. The van der Waals surface area contributed by atoms with E-state index >= 15 is 0 Å². The molecule has 0 N–H and O–H groups in total. The van der Waals surface area contributed by atoms with Crippen LogP contribution in [0.3, 0.4) is 0 Å². The van der Waals surface area contributed by atoms with E-state index in [9.17, 15) is 4.79 Å². The molecule has 20 heavy (non-hydrogen) atoms. The summed E-state index contributed by atoms with van der Waals surface area (Å²) >= 11 is 0. The van der Waals surface area contributed by atoms with Crippen LogP contribution in [0.15, 0.2) is 48.5 Å². The zero-order chi connectivity index (χ0) is 14.5. The second-order valence-electron chi connectivity index (χ2n) is 4.74. The molecular weight excluding hydrogens is 252 g/mol. The van der Waals surface area contributed by atoms with Gasteiger partial charge in [-0.25, -0.2) is 4.79 Å². The number of hydrogen-bond donors (Lipinski definition) is 0. The molecule has 2 rings (SSSR count). The number of ether oxygens (including phenoxy) is 2. The third kappa shape index (κ3) is 3.18. The Kier molecular flexibility index (Phi) is 4.41. The Morgan fingerprint density at radius 3 is 2.30 bits per heavy atom. The highest BCUT2D eigenvalue weighted by atomic mass is 16.5. The molecule has 0 bridgehead atoms. The molecule has 0 heterocycles. The average molecular weight is 270 g/mol. The summed E-state index contributed by atoms with van der Waals surface area (Å²) in [5, 5.41) is 0. The van der Waals surface area contributed by atoms with Gasteiger partial charge in [0.1, 0.15) is 11.3 Å². The second-order valence-corrected chi connectivity index (χ2v) is 4.74. The first-order chi connectivity index (χ1) is 9.61. The van der Waals surface area contributed by atoms with E-state index < -0.39 is 0 Å². The molecule has 3 nitrogen and oxygen atoms in total. The summed E-state index contributed by atoms with van der Waals surface area (Å²) in [6.45, 7) is 3.65. The fraction of sp³-hybridized carbons (Fsp3) is 0.235. The SMILES string of the molecule is COc1ccc(-c2ccccc2)cc1C(=O)OC(C)C. The lowest BCUT2D eigenvalue weighted by Gasteiger charge is -2.12. The van der Waals surface area contributed by atoms with Gasteiger partial charge in [0.25, 0.3) is 0 Å². The maximum absolute atomic E-state index is 12.1. The van der Waals surface area contributed by atoms with Crippen LogP contribution in [0, 0.1) is 0 Å². The van der Waals surface area contributed by atoms with Crippen molar-refractivity contribution in [3.63, 3.8) is 0 Å². The number of benzene rings is 2. The van der Waals surface area contributed by atoms with Gasteiger partial charge in [-0.1, -0.05) is 36.4 Å². The average Bonchev–Trinajstić information content (AvgIpc) is 2.46. The maximum atomic E-state index is 12.1. The molecule has 2 aromatic carbocycles. The minimum atomic E-state index is -0.366. The van der Waals surface area contributed by atoms with Gasteiger partial charge in [-0.15, -0.1) is 0 Å². The minimum Gasteiger partial charge on any atom is -0.496 e. The third-order valence-corrected chi connectivity index (χ3v) is 2.87. The van der Waals surface area contributed by atoms with E-state index in [4.69, 9.17) is 9.47 Å². The van der Waals surface area contributed by atoms with Crippen molar-refractivity contribution in [1.82, 2.24) is 0 Å². The van der Waals surface area contributed by atoms with Gasteiger partial charge in [0.05, 0.1) is 13.2 Å². The van der Waals surface area contributed by atoms with Gasteiger partial charge in [0.2, 0.25) is 0 Å². The highest BCUT2D eigenvalue weighted by molar-refractivity contribution is 5.94. The number of hydrogen-bond acceptors (Lipinski definition) is 3. The third-order valence-electron chi connectivity index (χ3n) is 2.87. The number of carbonyl (C=O) groups is 1. The lowest BCUT2D eigenvalue weighted by atomic mass is 10.0. The van der Waals surface area contributed by atoms with Crippen LogP contribution < -0.4 is 4.74 Å². The first kappa shape index (κ1) is 14.1. The summed E-state index contributed by atoms with van der Waals surface area (Å²) in [6, 6.07) is 15.4. The van der Waals surface area contributed by atoms with E-state index in [1.165, 1.54) is 0 Å². The van der Waals surface area contributed by atoms with Crippen molar-refractivity contribution in [1.29, 1.82) is 0 Å². The van der Waals surface area contributed by atoms with Crippen molar-refractivity contribution >= 4 is 5.97 Å². The minimum absolute atomic E-state index is 0.160. The topological polar surface area (TPSA) is 35.5 Å². The fourth-order valence-electron chi connectivity index (χ4n) is 1.96. The first-order valence-electron chi connectivity index (χ1n) is 6.56. The van der Waals surface area contributed by atoms with Crippen molar-refractivity contribution < 1.29 is 14.3 Å². The molecule has 0 unspecified atom stereocenters. The maximum Gasteiger partial charge on any atom is 0.342 e. The highest BCUT2D eigenvalue weighted by Gasteiger charge is 2.16. The van der Waals surface area contributed by atoms with Crippen LogP contribution in [0.5, 0.6) is 5.75 Å². The van der Waals surface area contributed by atoms with Gasteiger partial charge in [0.15, 0.2) is 0 Å². The zero-order valence-electron chi connectivity index (χ0n) is 11.9. The van der Waals surface area contributed by atoms with Crippen LogP contribution in [-0.2, 0) is 4.74 Å². The monoisotopic (exact) mass is 270 g/mol. The molecule has 0 aliphatic heterocycles. The largest absolute Gasteiger partial charge is 0.496 e. The van der Waals surface area contributed by atoms with E-state index in [1.54, 1.807) is 19.2 Å². The second kappa shape index (κ2) is 6.24. The molecule has 0 aromatic heterocycles. The van der Waals surface area contributed by atoms with Gasteiger partial charge >= 0.3 is 5.97 Å². The van der Waals surface area contributed by atoms with Crippen LogP contribution >= 0.6 is 0 Å². The summed E-state index contributed by atoms with van der Waals surface area (Å²) in [5.41, 5.74) is 2.46. The molecule has 3 heteroatoms. The van der Waals surface area contributed by atoms with Crippen molar-refractivity contribution in [2.75, 3.05) is 7.11 Å². The highest BCUT2D eigenvalue weighted by Crippen LogP contribution is 2.27. The summed E-state index contributed by atoms with van der Waals surface area (Å²) < 4.78 is 10.5. The molecular formula is C17H18O3. The Morgan fingerprint density at radius 2 is 1.70 bits per heavy atom. The summed E-state index contributed by atoms with van der Waals surface area (Å²) in [4.78, 5) is 12.1. The van der Waals surface area contributed by atoms with Gasteiger partial charge < -0.3 is 9.47 Å². The van der Waals surface area contributed by atoms with E-state index in [1.807, 2.05) is 50.2 Å². The number of rotatable bonds is 4. The van der Waals surface area contributed by atoms with Gasteiger partial charge in [-0.2, -0.15) is 0 Å². The van der Waals surface area contributed by atoms with Crippen LogP contribution in [-0.4, -0.2) is 19.2 Å². The molecule has 0 saturated heterocycles. The molecule has 0 aliphatic carbocycles. The standard InChI is InChI=1S/C17H18O3/c1-12(2)20-17(18)15-11-14(9-10-16(15)19-3)13-7-5-4-6-8-13/h4-12H,1-3H3. The molecule has 104 valence electrons. The van der Waals surface area contributed by atoms with Crippen molar-refractivity contribution in [2.24, 2.45) is 0 Å². The molecule has 0 spiro atoms. The zero-order valence-corrected chi connectivity index (χ0v) is 11.9. The molecule has 0 radical (unpaired) electrons. The van der Waals surface area contributed by atoms with E-state index in [0.29, 0.717) is 11.3 Å². The quantitative estimate of drug-likeness (QED) is 0.790. The lowest BCUT2D eigenvalue weighted by Crippen LogP contribution is -2.12. The Morgan fingerprint density at radius 1 is 1.00 bits per heavy atom. The number of carbonyl (C=O) groups excluding carboxylic acids is 1. The normalized spacial score (nSPS) is 10.4. The Labute approximate surface area is 119 Å². The molecule has 0 aliphatic rings. The lowest BCUT2D eigenvalue weighted by molar-refractivity contribution is 0.0374. The predicted octanol–water partition coefficient (Wildman–Crippen LogP) is 3.93. The fourth-order valence-corrected chi connectivity index (χ4v) is 1.96. The summed E-state index contributed by atoms with van der Waals surface area (Å²) in [5.74, 6) is 0.157. The van der Waals surface area contributed by atoms with Gasteiger partial charge in [0, 0.05) is 0 Å². The summed E-state index contributed by atoms with van der Waals surface area (Å²) in [7, 11) is 1.55. The van der Waals surface area contributed by atoms with Crippen LogP contribution in [0.2, 0.25) is 0 Å². The molecule has 0 saturated carbocycles.